The molecule has 14 heavy (non-hydrogen) atoms. The van der Waals surface area contributed by atoms with Gasteiger partial charge in [0.15, 0.2) is 0 Å². The average molecular weight is 191 g/mol. The zero-order valence-electron chi connectivity index (χ0n) is 8.66. The fourth-order valence-corrected chi connectivity index (χ4v) is 1.86. The maximum atomic E-state index is 4.41. The number of pyridine rings is 1. The smallest absolute Gasteiger partial charge is 0.0552 e. The van der Waals surface area contributed by atoms with E-state index in [0.29, 0.717) is 0 Å². The average Bonchev–Trinajstić information content (AvgIpc) is 2.72. The Bertz CT molecular complexity index is 275. The minimum absolute atomic E-state index is 0.848. The van der Waals surface area contributed by atoms with Crippen LogP contribution in [0.2, 0.25) is 0 Å². The molecule has 1 aliphatic heterocycles. The predicted octanol–water partition coefficient (Wildman–Crippen LogP) is 1.40. The van der Waals surface area contributed by atoms with Crippen molar-refractivity contribution < 1.29 is 0 Å². The van der Waals surface area contributed by atoms with Crippen molar-refractivity contribution in [3.05, 3.63) is 24.0 Å². The van der Waals surface area contributed by atoms with E-state index in [4.69, 9.17) is 0 Å². The molecule has 1 aromatic heterocycles. The van der Waals surface area contributed by atoms with Crippen LogP contribution in [-0.2, 0) is 6.54 Å². The number of aromatic nitrogens is 1. The second-order valence-corrected chi connectivity index (χ2v) is 3.73. The molecule has 0 radical (unpaired) electrons. The predicted molar refractivity (Wildman–Crippen MR) is 58.4 cm³/mol. The van der Waals surface area contributed by atoms with E-state index in [1.165, 1.54) is 31.6 Å². The zero-order chi connectivity index (χ0) is 9.80. The van der Waals surface area contributed by atoms with Crippen LogP contribution in [0.4, 0.5) is 5.69 Å². The lowest BCUT2D eigenvalue weighted by Gasteiger charge is -2.16. The molecule has 3 heteroatoms. The van der Waals surface area contributed by atoms with Crippen molar-refractivity contribution in [3.8, 4) is 0 Å². The van der Waals surface area contributed by atoms with E-state index in [1.54, 1.807) is 0 Å². The van der Waals surface area contributed by atoms with E-state index in [-0.39, 0.29) is 0 Å². The summed E-state index contributed by atoms with van der Waals surface area (Å²) in [6.07, 6.45) is 4.62. The van der Waals surface area contributed by atoms with Crippen molar-refractivity contribution in [3.63, 3.8) is 0 Å². The molecule has 0 amide bonds. The normalized spacial score (nSPS) is 16.2. The van der Waals surface area contributed by atoms with Gasteiger partial charge in [-0.25, -0.2) is 0 Å². The van der Waals surface area contributed by atoms with Gasteiger partial charge in [0.25, 0.3) is 0 Å². The Kier molecular flexibility index (Phi) is 2.99. The molecule has 0 aliphatic carbocycles. The molecule has 2 rings (SSSR count). The van der Waals surface area contributed by atoms with Crippen LogP contribution in [0, 0.1) is 0 Å². The lowest BCUT2D eigenvalue weighted by molar-refractivity contribution is 0.790. The second-order valence-electron chi connectivity index (χ2n) is 3.73. The summed E-state index contributed by atoms with van der Waals surface area (Å²) in [5.74, 6) is 0. The molecule has 76 valence electrons. The van der Waals surface area contributed by atoms with Crippen LogP contribution in [0.15, 0.2) is 18.3 Å². The maximum absolute atomic E-state index is 4.41. The first-order valence-corrected chi connectivity index (χ1v) is 5.24. The van der Waals surface area contributed by atoms with Gasteiger partial charge in [0.05, 0.1) is 17.6 Å². The lowest BCUT2D eigenvalue weighted by atomic mass is 10.3. The molecule has 1 aromatic rings. The quantitative estimate of drug-likeness (QED) is 0.782. The Labute approximate surface area is 85.1 Å². The molecule has 1 aliphatic rings. The van der Waals surface area contributed by atoms with E-state index in [2.05, 4.69) is 27.3 Å². The first-order chi connectivity index (χ1) is 6.90. The molecule has 1 fully saturated rings. The summed E-state index contributed by atoms with van der Waals surface area (Å²) in [5.41, 5.74) is 2.37. The number of nitrogens with zero attached hydrogens (tertiary/aromatic N) is 2. The van der Waals surface area contributed by atoms with E-state index in [9.17, 15) is 0 Å². The van der Waals surface area contributed by atoms with E-state index >= 15 is 0 Å². The van der Waals surface area contributed by atoms with Gasteiger partial charge in [-0.05, 0) is 32.0 Å². The summed E-state index contributed by atoms with van der Waals surface area (Å²) < 4.78 is 0. The summed E-state index contributed by atoms with van der Waals surface area (Å²) in [4.78, 5) is 6.81. The summed E-state index contributed by atoms with van der Waals surface area (Å²) in [5, 5.41) is 3.10. The number of hydrogen-bond acceptors (Lipinski definition) is 3. The molecule has 0 bridgehead atoms. The second kappa shape index (κ2) is 4.42. The first kappa shape index (κ1) is 9.46. The number of anilines is 1. The zero-order valence-corrected chi connectivity index (χ0v) is 8.66. The molecule has 0 atom stereocenters. The third-order valence-electron chi connectivity index (χ3n) is 2.64. The summed E-state index contributed by atoms with van der Waals surface area (Å²) in [6, 6.07) is 4.27. The molecule has 0 saturated carbocycles. The Balaban J connectivity index is 2.05. The van der Waals surface area contributed by atoms with Crippen molar-refractivity contribution >= 4 is 5.69 Å². The standard InChI is InChI=1S/C11H17N3/c1-12-8-10-4-5-11(9-13-10)14-6-2-3-7-14/h4-5,9,12H,2-3,6-8H2,1H3. The van der Waals surface area contributed by atoms with Crippen molar-refractivity contribution in [1.29, 1.82) is 0 Å². The van der Waals surface area contributed by atoms with Gasteiger partial charge in [0, 0.05) is 19.6 Å². The molecule has 2 heterocycles. The van der Waals surface area contributed by atoms with Gasteiger partial charge < -0.3 is 10.2 Å². The Morgan fingerprint density at radius 1 is 1.36 bits per heavy atom. The fraction of sp³-hybridized carbons (Fsp3) is 0.545. The fourth-order valence-electron chi connectivity index (χ4n) is 1.86. The summed E-state index contributed by atoms with van der Waals surface area (Å²) in [7, 11) is 1.94. The van der Waals surface area contributed by atoms with Gasteiger partial charge in [-0.3, -0.25) is 4.98 Å². The van der Waals surface area contributed by atoms with Crippen LogP contribution in [0.5, 0.6) is 0 Å². The van der Waals surface area contributed by atoms with Crippen molar-refractivity contribution in [2.45, 2.75) is 19.4 Å². The highest BCUT2D eigenvalue weighted by Crippen LogP contribution is 2.18. The molecular formula is C11H17N3. The molecule has 0 aromatic carbocycles. The van der Waals surface area contributed by atoms with Crippen LogP contribution >= 0.6 is 0 Å². The molecular weight excluding hydrogens is 174 g/mol. The molecule has 0 spiro atoms. The largest absolute Gasteiger partial charge is 0.370 e. The molecule has 1 N–H and O–H groups in total. The highest BCUT2D eigenvalue weighted by Gasteiger charge is 2.11. The maximum Gasteiger partial charge on any atom is 0.0552 e. The minimum Gasteiger partial charge on any atom is -0.370 e. The van der Waals surface area contributed by atoms with Crippen LogP contribution in [-0.4, -0.2) is 25.1 Å². The van der Waals surface area contributed by atoms with E-state index in [0.717, 1.165) is 12.2 Å². The summed E-state index contributed by atoms with van der Waals surface area (Å²) in [6.45, 7) is 3.22. The monoisotopic (exact) mass is 191 g/mol. The molecule has 1 saturated heterocycles. The summed E-state index contributed by atoms with van der Waals surface area (Å²) >= 11 is 0. The highest BCUT2D eigenvalue weighted by atomic mass is 15.1. The van der Waals surface area contributed by atoms with Crippen LogP contribution in [0.3, 0.4) is 0 Å². The number of nitrogens with one attached hydrogen (secondary N) is 1. The highest BCUT2D eigenvalue weighted by molar-refractivity contribution is 5.45. The van der Waals surface area contributed by atoms with Crippen LogP contribution in [0.25, 0.3) is 0 Å². The van der Waals surface area contributed by atoms with Crippen LogP contribution in [0.1, 0.15) is 18.5 Å². The van der Waals surface area contributed by atoms with Crippen molar-refractivity contribution in [2.75, 3.05) is 25.0 Å². The Morgan fingerprint density at radius 2 is 2.14 bits per heavy atom. The minimum atomic E-state index is 0.848. The third-order valence-corrected chi connectivity index (χ3v) is 2.64. The number of rotatable bonds is 3. The van der Waals surface area contributed by atoms with E-state index < -0.39 is 0 Å². The lowest BCUT2D eigenvalue weighted by Crippen LogP contribution is -2.18. The van der Waals surface area contributed by atoms with Gasteiger partial charge in [0.2, 0.25) is 0 Å². The molecule has 0 unspecified atom stereocenters. The van der Waals surface area contributed by atoms with Crippen LogP contribution < -0.4 is 10.2 Å². The first-order valence-electron chi connectivity index (χ1n) is 5.24. The third kappa shape index (κ3) is 2.04. The van der Waals surface area contributed by atoms with Gasteiger partial charge in [-0.2, -0.15) is 0 Å². The van der Waals surface area contributed by atoms with Crippen molar-refractivity contribution in [2.24, 2.45) is 0 Å². The Morgan fingerprint density at radius 3 is 2.71 bits per heavy atom. The SMILES string of the molecule is CNCc1ccc(N2CCCC2)cn1. The number of hydrogen-bond donors (Lipinski definition) is 1. The van der Waals surface area contributed by atoms with E-state index in [1.807, 2.05) is 13.2 Å². The topological polar surface area (TPSA) is 28.2 Å². The van der Waals surface area contributed by atoms with Gasteiger partial charge in [-0.1, -0.05) is 0 Å². The molecule has 3 nitrogen and oxygen atoms in total. The van der Waals surface area contributed by atoms with Crippen molar-refractivity contribution in [1.82, 2.24) is 10.3 Å². The van der Waals surface area contributed by atoms with Gasteiger partial charge >= 0.3 is 0 Å². The Hall–Kier alpha value is -1.09. The van der Waals surface area contributed by atoms with Gasteiger partial charge in [0.1, 0.15) is 0 Å². The van der Waals surface area contributed by atoms with Gasteiger partial charge in [-0.15, -0.1) is 0 Å².